The third-order valence-electron chi connectivity index (χ3n) is 3.23. The van der Waals surface area contributed by atoms with Gasteiger partial charge in [-0.05, 0) is 33.1 Å². The quantitative estimate of drug-likeness (QED) is 0.262. The molecular weight excluding hydrogens is 393 g/mol. The van der Waals surface area contributed by atoms with Crippen LogP contribution in [0.5, 0.6) is 0 Å². The molecule has 0 fully saturated rings. The van der Waals surface area contributed by atoms with E-state index in [0.29, 0.717) is 0 Å². The number of hydrogen-bond acceptors (Lipinski definition) is 3. The Morgan fingerprint density at radius 3 is 2.59 bits per heavy atom. The molecule has 1 aromatic rings. The summed E-state index contributed by atoms with van der Waals surface area (Å²) in [6.07, 6.45) is 7.11. The zero-order valence-electron chi connectivity index (χ0n) is 14.0. The summed E-state index contributed by atoms with van der Waals surface area (Å²) in [5.41, 5.74) is 0. The lowest BCUT2D eigenvalue weighted by Gasteiger charge is -2.12. The molecule has 1 heterocycles. The van der Waals surface area contributed by atoms with Gasteiger partial charge in [-0.25, -0.2) is 4.98 Å². The van der Waals surface area contributed by atoms with Gasteiger partial charge in [0.15, 0.2) is 5.96 Å². The van der Waals surface area contributed by atoms with Gasteiger partial charge in [0.2, 0.25) is 0 Å². The van der Waals surface area contributed by atoms with Crippen molar-refractivity contribution in [1.82, 2.24) is 20.2 Å². The fraction of sp³-hybridized carbons (Fsp3) is 0.733. The van der Waals surface area contributed by atoms with E-state index in [9.17, 15) is 0 Å². The molecule has 0 spiro atoms. The minimum absolute atomic E-state index is 0. The molecule has 0 aromatic carbocycles. The zero-order valence-corrected chi connectivity index (χ0v) is 16.3. The number of guanidine groups is 1. The van der Waals surface area contributed by atoms with Gasteiger partial charge in [0, 0.05) is 52.3 Å². The smallest absolute Gasteiger partial charge is 0.190 e. The first-order valence-corrected chi connectivity index (χ1v) is 7.78. The second kappa shape index (κ2) is 13.8. The summed E-state index contributed by atoms with van der Waals surface area (Å²) in [4.78, 5) is 8.43. The highest BCUT2D eigenvalue weighted by Gasteiger charge is 1.98. The molecule has 0 atom stereocenters. The minimum Gasteiger partial charge on any atom is -0.382 e. The van der Waals surface area contributed by atoms with Crippen molar-refractivity contribution in [3.8, 4) is 0 Å². The highest BCUT2D eigenvalue weighted by atomic mass is 127. The number of ether oxygens (including phenoxy) is 1. The van der Waals surface area contributed by atoms with Crippen LogP contribution in [-0.2, 0) is 11.3 Å². The van der Waals surface area contributed by atoms with Gasteiger partial charge in [-0.2, -0.15) is 0 Å². The van der Waals surface area contributed by atoms with Crippen LogP contribution in [0.1, 0.15) is 32.0 Å². The Hall–Kier alpha value is -0.830. The lowest BCUT2D eigenvalue weighted by atomic mass is 10.3. The summed E-state index contributed by atoms with van der Waals surface area (Å²) in [5, 5.41) is 6.61. The number of aliphatic imine (C=N–C) groups is 1. The van der Waals surface area contributed by atoms with Crippen molar-refractivity contribution in [3.05, 3.63) is 18.2 Å². The monoisotopic (exact) mass is 423 g/mol. The Kier molecular flexibility index (Phi) is 13.3. The number of aryl methyl sites for hydroxylation is 2. The molecule has 0 unspecified atom stereocenters. The number of rotatable bonds is 10. The summed E-state index contributed by atoms with van der Waals surface area (Å²) in [6.45, 7) is 8.46. The van der Waals surface area contributed by atoms with Gasteiger partial charge >= 0.3 is 0 Å². The van der Waals surface area contributed by atoms with E-state index in [1.165, 1.54) is 0 Å². The van der Waals surface area contributed by atoms with Crippen LogP contribution in [0.25, 0.3) is 0 Å². The van der Waals surface area contributed by atoms with Crippen molar-refractivity contribution in [2.24, 2.45) is 4.99 Å². The second-order valence-electron chi connectivity index (χ2n) is 4.85. The van der Waals surface area contributed by atoms with E-state index >= 15 is 0 Å². The highest BCUT2D eigenvalue weighted by Crippen LogP contribution is 1.99. The third-order valence-corrected chi connectivity index (χ3v) is 3.23. The average molecular weight is 423 g/mol. The number of imidazole rings is 1. The number of nitrogens with one attached hydrogen (secondary N) is 2. The summed E-state index contributed by atoms with van der Waals surface area (Å²) in [5.74, 6) is 1.94. The molecule has 0 radical (unpaired) electrons. The first kappa shape index (κ1) is 21.2. The fourth-order valence-electron chi connectivity index (χ4n) is 2.00. The van der Waals surface area contributed by atoms with E-state index in [1.807, 2.05) is 26.2 Å². The number of unbranched alkanes of at least 4 members (excludes halogenated alkanes) is 1. The number of halogens is 1. The summed E-state index contributed by atoms with van der Waals surface area (Å²) < 4.78 is 7.48. The highest BCUT2D eigenvalue weighted by molar-refractivity contribution is 14.0. The van der Waals surface area contributed by atoms with E-state index < -0.39 is 0 Å². The lowest BCUT2D eigenvalue weighted by Crippen LogP contribution is -2.38. The lowest BCUT2D eigenvalue weighted by molar-refractivity contribution is 0.145. The average Bonchev–Trinajstić information content (AvgIpc) is 2.90. The van der Waals surface area contributed by atoms with Gasteiger partial charge in [0.05, 0.1) is 0 Å². The first-order valence-electron chi connectivity index (χ1n) is 7.78. The minimum atomic E-state index is 0. The molecule has 1 aromatic heterocycles. The maximum Gasteiger partial charge on any atom is 0.190 e. The van der Waals surface area contributed by atoms with Crippen LogP contribution < -0.4 is 10.6 Å². The molecule has 22 heavy (non-hydrogen) atoms. The van der Waals surface area contributed by atoms with Gasteiger partial charge < -0.3 is 19.9 Å². The Morgan fingerprint density at radius 1 is 1.27 bits per heavy atom. The van der Waals surface area contributed by atoms with Gasteiger partial charge in [0.1, 0.15) is 5.82 Å². The first-order chi connectivity index (χ1) is 10.3. The summed E-state index contributed by atoms with van der Waals surface area (Å²) in [7, 11) is 1.80. The van der Waals surface area contributed by atoms with Gasteiger partial charge in [-0.3, -0.25) is 4.99 Å². The molecule has 0 aliphatic heterocycles. The maximum absolute atomic E-state index is 5.30. The van der Waals surface area contributed by atoms with Crippen LogP contribution in [-0.4, -0.2) is 48.9 Å². The molecule has 0 saturated heterocycles. The molecule has 0 aliphatic carbocycles. The van der Waals surface area contributed by atoms with Crippen LogP contribution in [0.4, 0.5) is 0 Å². The maximum atomic E-state index is 5.30. The molecule has 0 aliphatic rings. The molecule has 0 bridgehead atoms. The van der Waals surface area contributed by atoms with Crippen molar-refractivity contribution >= 4 is 29.9 Å². The van der Waals surface area contributed by atoms with Crippen LogP contribution in [0, 0.1) is 6.92 Å². The van der Waals surface area contributed by atoms with Crippen LogP contribution in [0.3, 0.4) is 0 Å². The number of hydrogen-bond donors (Lipinski definition) is 2. The predicted octanol–water partition coefficient (Wildman–Crippen LogP) is 2.18. The van der Waals surface area contributed by atoms with Crippen LogP contribution >= 0.6 is 24.0 Å². The Balaban J connectivity index is 0.00000441. The molecule has 6 nitrogen and oxygen atoms in total. The van der Waals surface area contributed by atoms with Crippen molar-refractivity contribution in [1.29, 1.82) is 0 Å². The van der Waals surface area contributed by atoms with Gasteiger partial charge in [0.25, 0.3) is 0 Å². The number of aromatic nitrogens is 2. The molecule has 0 saturated carbocycles. The normalized spacial score (nSPS) is 11.1. The van der Waals surface area contributed by atoms with Crippen LogP contribution in [0.2, 0.25) is 0 Å². The van der Waals surface area contributed by atoms with E-state index in [0.717, 1.165) is 63.9 Å². The third kappa shape index (κ3) is 9.24. The summed E-state index contributed by atoms with van der Waals surface area (Å²) in [6, 6.07) is 0. The fourth-order valence-corrected chi connectivity index (χ4v) is 2.00. The Labute approximate surface area is 151 Å². The van der Waals surface area contributed by atoms with E-state index in [4.69, 9.17) is 4.74 Å². The summed E-state index contributed by atoms with van der Waals surface area (Å²) >= 11 is 0. The SMILES string of the molecule is CCOCCCNC(=NC)NCCCCn1ccnc1C.I. The Morgan fingerprint density at radius 2 is 2.00 bits per heavy atom. The van der Waals surface area contributed by atoms with Crippen molar-refractivity contribution in [3.63, 3.8) is 0 Å². The van der Waals surface area contributed by atoms with E-state index in [1.54, 1.807) is 7.05 Å². The van der Waals surface area contributed by atoms with E-state index in [-0.39, 0.29) is 24.0 Å². The van der Waals surface area contributed by atoms with Crippen molar-refractivity contribution < 1.29 is 4.74 Å². The second-order valence-corrected chi connectivity index (χ2v) is 4.85. The van der Waals surface area contributed by atoms with E-state index in [2.05, 4.69) is 25.2 Å². The zero-order chi connectivity index (χ0) is 15.3. The molecule has 2 N–H and O–H groups in total. The van der Waals surface area contributed by atoms with Crippen molar-refractivity contribution in [2.45, 2.75) is 39.7 Å². The topological polar surface area (TPSA) is 63.5 Å². The molecule has 0 amide bonds. The molecular formula is C15H30IN5O. The predicted molar refractivity (Wildman–Crippen MR) is 102 cm³/mol. The molecule has 1 rings (SSSR count). The van der Waals surface area contributed by atoms with Gasteiger partial charge in [-0.15, -0.1) is 24.0 Å². The Bertz CT molecular complexity index is 408. The van der Waals surface area contributed by atoms with Crippen LogP contribution in [0.15, 0.2) is 17.4 Å². The number of nitrogens with zero attached hydrogens (tertiary/aromatic N) is 3. The largest absolute Gasteiger partial charge is 0.382 e. The van der Waals surface area contributed by atoms with Gasteiger partial charge in [-0.1, -0.05) is 0 Å². The standard InChI is InChI=1S/C15H29N5O.HI/c1-4-21-13-7-9-19-15(16-3)18-8-5-6-11-20-12-10-17-14(20)2;/h10,12H,4-9,11,13H2,1-3H3,(H2,16,18,19);1H. The molecule has 128 valence electrons. The van der Waals surface area contributed by atoms with Crippen molar-refractivity contribution in [2.75, 3.05) is 33.4 Å². The molecule has 7 heteroatoms.